The maximum atomic E-state index is 11.1. The molecule has 1 heterocycles. The topological polar surface area (TPSA) is 63.6 Å². The molecule has 0 aromatic carbocycles. The molecular formula is C9H13NO3S. The van der Waals surface area contributed by atoms with Crippen LogP contribution in [0.1, 0.15) is 12.8 Å². The Hall–Kier alpha value is -0.930. The molecule has 0 radical (unpaired) electrons. The van der Waals surface area contributed by atoms with Gasteiger partial charge in [-0.05, 0) is 18.8 Å². The van der Waals surface area contributed by atoms with E-state index in [-0.39, 0.29) is 24.0 Å². The molecule has 0 bridgehead atoms. The van der Waals surface area contributed by atoms with Crippen molar-refractivity contribution >= 4 is 15.9 Å². The van der Waals surface area contributed by atoms with Gasteiger partial charge in [-0.2, -0.15) is 0 Å². The molecule has 1 aliphatic rings. The zero-order valence-electron chi connectivity index (χ0n) is 7.90. The second kappa shape index (κ2) is 4.53. The van der Waals surface area contributed by atoms with Gasteiger partial charge in [0.25, 0.3) is 0 Å². The molecule has 0 saturated carbocycles. The van der Waals surface area contributed by atoms with Crippen molar-refractivity contribution in [2.45, 2.75) is 12.8 Å². The lowest BCUT2D eigenvalue weighted by Crippen LogP contribution is -2.06. The smallest absolute Gasteiger partial charge is 0.229 e. The van der Waals surface area contributed by atoms with Crippen molar-refractivity contribution in [2.24, 2.45) is 10.9 Å². The summed E-state index contributed by atoms with van der Waals surface area (Å²) in [6.07, 6.45) is 2.78. The fourth-order valence-corrected chi connectivity index (χ4v) is 3.51. The average molecular weight is 215 g/mol. The first-order chi connectivity index (χ1) is 6.53. The fourth-order valence-electron chi connectivity index (χ4n) is 1.65. The summed E-state index contributed by atoms with van der Waals surface area (Å²) in [5.41, 5.74) is 0.801. The van der Waals surface area contributed by atoms with Crippen LogP contribution < -0.4 is 0 Å². The molecule has 1 aliphatic heterocycles. The summed E-state index contributed by atoms with van der Waals surface area (Å²) in [7, 11) is -2.81. The van der Waals surface area contributed by atoms with Crippen molar-refractivity contribution in [3.8, 4) is 0 Å². The molecule has 0 amide bonds. The quantitative estimate of drug-likeness (QED) is 0.394. The maximum absolute atomic E-state index is 11.1. The van der Waals surface area contributed by atoms with E-state index < -0.39 is 9.84 Å². The Morgan fingerprint density at radius 3 is 2.79 bits per heavy atom. The Morgan fingerprint density at radius 2 is 2.29 bits per heavy atom. The number of hydrogen-bond donors (Lipinski definition) is 0. The van der Waals surface area contributed by atoms with Crippen LogP contribution in [0.5, 0.6) is 0 Å². The lowest BCUT2D eigenvalue weighted by Gasteiger charge is -2.07. The summed E-state index contributed by atoms with van der Waals surface area (Å²) in [6.45, 7) is 4.00. The molecule has 1 fully saturated rings. The number of hydrogen-bond acceptors (Lipinski definition) is 4. The van der Waals surface area contributed by atoms with Crippen LogP contribution in [0.15, 0.2) is 17.1 Å². The van der Waals surface area contributed by atoms with Crippen LogP contribution in [0.25, 0.3) is 0 Å². The first-order valence-electron chi connectivity index (χ1n) is 4.44. The Morgan fingerprint density at radius 1 is 1.57 bits per heavy atom. The van der Waals surface area contributed by atoms with E-state index in [4.69, 9.17) is 0 Å². The predicted molar refractivity (Wildman–Crippen MR) is 53.5 cm³/mol. The molecule has 78 valence electrons. The zero-order valence-corrected chi connectivity index (χ0v) is 8.72. The monoisotopic (exact) mass is 215 g/mol. The highest BCUT2D eigenvalue weighted by Crippen LogP contribution is 2.24. The Bertz CT molecular complexity index is 366. The Kier molecular flexibility index (Phi) is 3.61. The highest BCUT2D eigenvalue weighted by molar-refractivity contribution is 7.91. The predicted octanol–water partition coefficient (Wildman–Crippen LogP) is 0.703. The van der Waals surface area contributed by atoms with Gasteiger partial charge in [-0.25, -0.2) is 18.2 Å². The lowest BCUT2D eigenvalue weighted by atomic mass is 10.0. The van der Waals surface area contributed by atoms with Gasteiger partial charge < -0.3 is 0 Å². The van der Waals surface area contributed by atoms with E-state index >= 15 is 0 Å². The normalized spacial score (nSPS) is 24.1. The summed E-state index contributed by atoms with van der Waals surface area (Å²) < 4.78 is 22.2. The summed E-state index contributed by atoms with van der Waals surface area (Å²) in [5, 5.41) is 0. The van der Waals surface area contributed by atoms with Crippen LogP contribution >= 0.6 is 0 Å². The molecule has 1 unspecified atom stereocenters. The van der Waals surface area contributed by atoms with Gasteiger partial charge in [0.05, 0.1) is 18.1 Å². The highest BCUT2D eigenvalue weighted by atomic mass is 32.2. The van der Waals surface area contributed by atoms with Crippen LogP contribution in [0.3, 0.4) is 0 Å². The van der Waals surface area contributed by atoms with Crippen LogP contribution in [-0.4, -0.2) is 32.5 Å². The van der Waals surface area contributed by atoms with Crippen LogP contribution in [0.2, 0.25) is 0 Å². The molecule has 1 rings (SSSR count). The average Bonchev–Trinajstić information content (AvgIpc) is 2.42. The first-order valence-corrected chi connectivity index (χ1v) is 6.26. The first kappa shape index (κ1) is 11.1. The number of isocyanates is 1. The second-order valence-electron chi connectivity index (χ2n) is 3.63. The Balaban J connectivity index is 2.40. The number of nitrogens with zero attached hydrogens (tertiary/aromatic N) is 1. The lowest BCUT2D eigenvalue weighted by molar-refractivity contribution is 0.560. The van der Waals surface area contributed by atoms with Crippen molar-refractivity contribution in [3.63, 3.8) is 0 Å². The minimum atomic E-state index is -2.81. The summed E-state index contributed by atoms with van der Waals surface area (Å²) in [6, 6.07) is 0. The number of aliphatic imine (C=N–C) groups is 1. The molecule has 1 atom stereocenters. The van der Waals surface area contributed by atoms with Crippen molar-refractivity contribution in [3.05, 3.63) is 12.2 Å². The van der Waals surface area contributed by atoms with Gasteiger partial charge in [-0.15, -0.1) is 0 Å². The van der Waals surface area contributed by atoms with Crippen molar-refractivity contribution in [2.75, 3.05) is 18.1 Å². The van der Waals surface area contributed by atoms with E-state index in [2.05, 4.69) is 11.6 Å². The molecule has 14 heavy (non-hydrogen) atoms. The van der Waals surface area contributed by atoms with Crippen molar-refractivity contribution in [1.82, 2.24) is 0 Å². The fraction of sp³-hybridized carbons (Fsp3) is 0.667. The highest BCUT2D eigenvalue weighted by Gasteiger charge is 2.27. The van der Waals surface area contributed by atoms with E-state index in [1.54, 1.807) is 0 Å². The summed E-state index contributed by atoms with van der Waals surface area (Å²) in [5.74, 6) is 0.688. The number of sulfone groups is 1. The standard InChI is InChI=1S/C9H13NO3S/c1-8(5-10-7-11)4-9-2-3-14(12,13)6-9/h9H,1-6H2. The van der Waals surface area contributed by atoms with Crippen LogP contribution in [0, 0.1) is 5.92 Å². The number of rotatable bonds is 4. The van der Waals surface area contributed by atoms with E-state index in [1.807, 2.05) is 0 Å². The third-order valence-electron chi connectivity index (χ3n) is 2.27. The van der Waals surface area contributed by atoms with Gasteiger partial charge >= 0.3 is 0 Å². The molecule has 0 aromatic heterocycles. The molecule has 0 spiro atoms. The minimum absolute atomic E-state index is 0.161. The van der Waals surface area contributed by atoms with Gasteiger partial charge in [0, 0.05) is 0 Å². The summed E-state index contributed by atoms with van der Waals surface area (Å²) in [4.78, 5) is 13.2. The zero-order chi connectivity index (χ0) is 10.6. The van der Waals surface area contributed by atoms with Gasteiger partial charge in [-0.1, -0.05) is 12.2 Å². The van der Waals surface area contributed by atoms with Gasteiger partial charge in [-0.3, -0.25) is 0 Å². The van der Waals surface area contributed by atoms with Crippen LogP contribution in [0.4, 0.5) is 0 Å². The van der Waals surface area contributed by atoms with Gasteiger partial charge in [0.15, 0.2) is 9.84 Å². The Labute approximate surface area is 83.6 Å². The molecule has 4 nitrogen and oxygen atoms in total. The molecule has 1 saturated heterocycles. The molecule has 0 aliphatic carbocycles. The van der Waals surface area contributed by atoms with Crippen molar-refractivity contribution < 1.29 is 13.2 Å². The largest absolute Gasteiger partial charge is 0.235 e. The maximum Gasteiger partial charge on any atom is 0.235 e. The molecular weight excluding hydrogens is 202 g/mol. The SMILES string of the molecule is C=C(CN=C=O)CC1CCS(=O)(=O)C1. The summed E-state index contributed by atoms with van der Waals surface area (Å²) >= 11 is 0. The molecule has 0 aromatic rings. The third-order valence-corrected chi connectivity index (χ3v) is 4.11. The van der Waals surface area contributed by atoms with Gasteiger partial charge in [0.1, 0.15) is 0 Å². The molecule has 0 N–H and O–H groups in total. The number of carbonyl (C=O) groups excluding carboxylic acids is 1. The van der Waals surface area contributed by atoms with Crippen molar-refractivity contribution in [1.29, 1.82) is 0 Å². The van der Waals surface area contributed by atoms with E-state index in [0.717, 1.165) is 5.57 Å². The minimum Gasteiger partial charge on any atom is -0.229 e. The second-order valence-corrected chi connectivity index (χ2v) is 5.86. The van der Waals surface area contributed by atoms with E-state index in [1.165, 1.54) is 6.08 Å². The van der Waals surface area contributed by atoms with Crippen LogP contribution in [-0.2, 0) is 14.6 Å². The van der Waals surface area contributed by atoms with E-state index in [0.29, 0.717) is 12.8 Å². The van der Waals surface area contributed by atoms with Gasteiger partial charge in [0.2, 0.25) is 6.08 Å². The molecule has 5 heteroatoms. The van der Waals surface area contributed by atoms with E-state index in [9.17, 15) is 13.2 Å². The third kappa shape index (κ3) is 3.44.